The lowest BCUT2D eigenvalue weighted by molar-refractivity contribution is 0.588. The van der Waals surface area contributed by atoms with Crippen LogP contribution in [0.5, 0.6) is 0 Å². The van der Waals surface area contributed by atoms with Gasteiger partial charge in [0.2, 0.25) is 5.43 Å². The Bertz CT molecular complexity index is 660. The largest absolute Gasteiger partial charge is 0.455 e. The van der Waals surface area contributed by atoms with E-state index >= 15 is 0 Å². The fraction of sp³-hybridized carbons (Fsp3) is 0. The lowest BCUT2D eigenvalue weighted by Gasteiger charge is -2.01. The summed E-state index contributed by atoms with van der Waals surface area (Å²) in [5.74, 6) is 0.596. The maximum atomic E-state index is 12.0. The van der Waals surface area contributed by atoms with Gasteiger partial charge in [-0.2, -0.15) is 0 Å². The zero-order valence-corrected chi connectivity index (χ0v) is 7.99. The number of allylic oxidation sites excluding steroid dienone is 2. The van der Waals surface area contributed by atoms with Crippen LogP contribution in [0.1, 0.15) is 11.3 Å². The molecule has 0 amide bonds. The summed E-state index contributed by atoms with van der Waals surface area (Å²) in [5, 5.41) is 0.621. The van der Waals surface area contributed by atoms with E-state index in [9.17, 15) is 4.79 Å². The fourth-order valence-electron chi connectivity index (χ4n) is 1.81. The van der Waals surface area contributed by atoms with E-state index in [1.807, 2.05) is 12.1 Å². The standard InChI is InChI=1S/C13H8O2/c1-8-6-7-10-12(14)9-4-2-3-5-11(9)15-13(8)10/h2-7H,1H2. The van der Waals surface area contributed by atoms with E-state index in [-0.39, 0.29) is 5.43 Å². The van der Waals surface area contributed by atoms with Crippen molar-refractivity contribution in [3.05, 3.63) is 58.5 Å². The quantitative estimate of drug-likeness (QED) is 0.648. The number of rotatable bonds is 0. The van der Waals surface area contributed by atoms with Crippen LogP contribution in [0.2, 0.25) is 0 Å². The molecule has 1 heterocycles. The molecule has 0 fully saturated rings. The topological polar surface area (TPSA) is 30.2 Å². The molecule has 1 aromatic carbocycles. The molecular weight excluding hydrogens is 188 g/mol. The summed E-state index contributed by atoms with van der Waals surface area (Å²) in [5.41, 5.74) is 2.00. The van der Waals surface area contributed by atoms with Gasteiger partial charge in [-0.1, -0.05) is 24.8 Å². The molecule has 1 aliphatic rings. The summed E-state index contributed by atoms with van der Waals surface area (Å²) < 4.78 is 5.64. The fourth-order valence-corrected chi connectivity index (χ4v) is 1.81. The summed E-state index contributed by atoms with van der Waals surface area (Å²) in [4.78, 5) is 12.0. The van der Waals surface area contributed by atoms with Crippen molar-refractivity contribution in [1.29, 1.82) is 0 Å². The highest BCUT2D eigenvalue weighted by Crippen LogP contribution is 2.28. The van der Waals surface area contributed by atoms with Gasteiger partial charge in [-0.15, -0.1) is 0 Å². The molecule has 0 bridgehead atoms. The molecule has 1 aliphatic carbocycles. The average molecular weight is 196 g/mol. The number of fused-ring (bicyclic) bond motifs is 2. The van der Waals surface area contributed by atoms with Gasteiger partial charge in [0.15, 0.2) is 0 Å². The Morgan fingerprint density at radius 3 is 2.80 bits per heavy atom. The molecule has 3 rings (SSSR count). The van der Waals surface area contributed by atoms with Crippen molar-refractivity contribution >= 4 is 22.6 Å². The minimum Gasteiger partial charge on any atom is -0.455 e. The number of benzene rings is 1. The van der Waals surface area contributed by atoms with Crippen LogP contribution in [0, 0.1) is 0 Å². The predicted molar refractivity (Wildman–Crippen MR) is 60.6 cm³/mol. The van der Waals surface area contributed by atoms with Gasteiger partial charge in [-0.25, -0.2) is 0 Å². The van der Waals surface area contributed by atoms with Crippen LogP contribution in [-0.2, 0) is 0 Å². The van der Waals surface area contributed by atoms with E-state index in [0.717, 1.165) is 5.57 Å². The van der Waals surface area contributed by atoms with Gasteiger partial charge in [-0.05, 0) is 18.2 Å². The Morgan fingerprint density at radius 2 is 1.93 bits per heavy atom. The molecule has 2 nitrogen and oxygen atoms in total. The first-order valence-electron chi connectivity index (χ1n) is 4.70. The molecular formula is C13H8O2. The smallest absolute Gasteiger partial charge is 0.200 e. The second kappa shape index (κ2) is 2.70. The van der Waals surface area contributed by atoms with Crippen LogP contribution in [0.4, 0.5) is 0 Å². The van der Waals surface area contributed by atoms with Gasteiger partial charge in [0, 0.05) is 5.57 Å². The summed E-state index contributed by atoms with van der Waals surface area (Å²) in [7, 11) is 0. The van der Waals surface area contributed by atoms with Gasteiger partial charge in [0.25, 0.3) is 0 Å². The van der Waals surface area contributed by atoms with E-state index < -0.39 is 0 Å². The van der Waals surface area contributed by atoms with Gasteiger partial charge in [0.05, 0.1) is 10.9 Å². The van der Waals surface area contributed by atoms with Crippen molar-refractivity contribution in [3.8, 4) is 0 Å². The highest BCUT2D eigenvalue weighted by molar-refractivity contribution is 5.90. The second-order valence-corrected chi connectivity index (χ2v) is 3.53. The molecule has 1 aromatic heterocycles. The van der Waals surface area contributed by atoms with Gasteiger partial charge in [-0.3, -0.25) is 4.79 Å². The van der Waals surface area contributed by atoms with Gasteiger partial charge < -0.3 is 4.42 Å². The third-order valence-electron chi connectivity index (χ3n) is 2.58. The van der Waals surface area contributed by atoms with Crippen molar-refractivity contribution in [2.45, 2.75) is 0 Å². The molecule has 0 saturated heterocycles. The molecule has 0 radical (unpaired) electrons. The molecule has 0 saturated carbocycles. The van der Waals surface area contributed by atoms with Crippen LogP contribution in [-0.4, -0.2) is 0 Å². The Labute approximate surface area is 86.2 Å². The highest BCUT2D eigenvalue weighted by Gasteiger charge is 2.17. The minimum atomic E-state index is 0.0155. The summed E-state index contributed by atoms with van der Waals surface area (Å²) in [6, 6.07) is 7.25. The molecule has 2 heteroatoms. The van der Waals surface area contributed by atoms with E-state index in [2.05, 4.69) is 6.58 Å². The molecule has 0 atom stereocenters. The first-order chi connectivity index (χ1) is 7.27. The average Bonchev–Trinajstić information content (AvgIpc) is 2.62. The van der Waals surface area contributed by atoms with Crippen molar-refractivity contribution in [2.75, 3.05) is 0 Å². The Hall–Kier alpha value is -2.09. The summed E-state index contributed by atoms with van der Waals surface area (Å²) >= 11 is 0. The third-order valence-corrected chi connectivity index (χ3v) is 2.58. The molecule has 0 aliphatic heterocycles. The normalized spacial score (nSPS) is 13.5. The molecule has 2 aromatic rings. The minimum absolute atomic E-state index is 0.0155. The summed E-state index contributed by atoms with van der Waals surface area (Å²) in [6.45, 7) is 3.82. The maximum Gasteiger partial charge on any atom is 0.200 e. The Kier molecular flexibility index (Phi) is 1.48. The van der Waals surface area contributed by atoms with Crippen molar-refractivity contribution < 1.29 is 4.42 Å². The number of para-hydroxylation sites is 1. The molecule has 0 spiro atoms. The predicted octanol–water partition coefficient (Wildman–Crippen LogP) is 2.83. The lowest BCUT2D eigenvalue weighted by Crippen LogP contribution is -2.06. The van der Waals surface area contributed by atoms with Crippen molar-refractivity contribution in [1.82, 2.24) is 0 Å². The zero-order chi connectivity index (χ0) is 10.4. The van der Waals surface area contributed by atoms with E-state index in [0.29, 0.717) is 22.3 Å². The van der Waals surface area contributed by atoms with Crippen LogP contribution in [0.3, 0.4) is 0 Å². The molecule has 0 unspecified atom stereocenters. The molecule has 72 valence electrons. The Morgan fingerprint density at radius 1 is 1.13 bits per heavy atom. The first kappa shape index (κ1) is 8.24. The molecule has 15 heavy (non-hydrogen) atoms. The third kappa shape index (κ3) is 1.02. The molecule has 0 N–H and O–H groups in total. The monoisotopic (exact) mass is 196 g/mol. The zero-order valence-electron chi connectivity index (χ0n) is 7.99. The maximum absolute atomic E-state index is 12.0. The first-order valence-corrected chi connectivity index (χ1v) is 4.70. The van der Waals surface area contributed by atoms with E-state index in [1.54, 1.807) is 24.3 Å². The van der Waals surface area contributed by atoms with Gasteiger partial charge >= 0.3 is 0 Å². The van der Waals surface area contributed by atoms with E-state index in [4.69, 9.17) is 4.42 Å². The van der Waals surface area contributed by atoms with E-state index in [1.165, 1.54) is 0 Å². The van der Waals surface area contributed by atoms with Crippen molar-refractivity contribution in [2.24, 2.45) is 0 Å². The highest BCUT2D eigenvalue weighted by atomic mass is 16.3. The SMILES string of the molecule is C=C1C=Cc2c1oc1ccccc1c2=O. The Balaban J connectivity index is 2.56. The number of hydrogen-bond donors (Lipinski definition) is 0. The lowest BCUT2D eigenvalue weighted by atomic mass is 10.1. The van der Waals surface area contributed by atoms with Crippen LogP contribution >= 0.6 is 0 Å². The van der Waals surface area contributed by atoms with Crippen LogP contribution in [0.25, 0.3) is 22.6 Å². The van der Waals surface area contributed by atoms with Crippen LogP contribution in [0.15, 0.2) is 46.1 Å². The van der Waals surface area contributed by atoms with Crippen LogP contribution < -0.4 is 5.43 Å². The van der Waals surface area contributed by atoms with Gasteiger partial charge in [0.1, 0.15) is 11.3 Å². The van der Waals surface area contributed by atoms with Crippen molar-refractivity contribution in [3.63, 3.8) is 0 Å². The second-order valence-electron chi connectivity index (χ2n) is 3.53. The number of hydrogen-bond acceptors (Lipinski definition) is 2. The summed E-state index contributed by atoms with van der Waals surface area (Å²) in [6.07, 6.45) is 3.56.